The number of rotatable bonds is 3. The summed E-state index contributed by atoms with van der Waals surface area (Å²) >= 11 is 0. The van der Waals surface area contributed by atoms with E-state index in [-0.39, 0.29) is 5.75 Å². The largest absolute Gasteiger partial charge is 0.296 e. The molecule has 0 radical (unpaired) electrons. The molecule has 6 heteroatoms. The molecule has 0 aliphatic carbocycles. The number of ketones is 1. The maximum atomic E-state index is 12.3. The van der Waals surface area contributed by atoms with Crippen LogP contribution in [0.5, 0.6) is 0 Å². The highest BCUT2D eigenvalue weighted by Crippen LogP contribution is 2.26. The van der Waals surface area contributed by atoms with E-state index >= 15 is 0 Å². The number of carbonyl (C=O) groups excluding carboxylic acids is 1. The molecule has 5 nitrogen and oxygen atoms in total. The van der Waals surface area contributed by atoms with Gasteiger partial charge in [-0.1, -0.05) is 12.5 Å². The lowest BCUT2D eigenvalue weighted by Gasteiger charge is -2.22. The minimum atomic E-state index is -3.41. The van der Waals surface area contributed by atoms with Crippen LogP contribution in [-0.4, -0.2) is 30.2 Å². The van der Waals surface area contributed by atoms with Crippen LogP contribution in [-0.2, 0) is 14.6 Å². The summed E-state index contributed by atoms with van der Waals surface area (Å²) in [6.07, 6.45) is 3.09. The number of Topliss-reactive ketones (excluding diaryl/α,β-unsaturated/α-hetero) is 1. The molecule has 2 heterocycles. The first kappa shape index (κ1) is 13.7. The third-order valence-electron chi connectivity index (χ3n) is 3.29. The van der Waals surface area contributed by atoms with Gasteiger partial charge < -0.3 is 0 Å². The fourth-order valence-corrected chi connectivity index (χ4v) is 4.19. The second-order valence-corrected chi connectivity index (χ2v) is 6.87. The maximum Gasteiger partial charge on any atom is 0.174 e. The van der Waals surface area contributed by atoms with Crippen molar-refractivity contribution in [2.75, 3.05) is 5.75 Å². The standard InChI is InChI=1S/C13H14N2O3S/c14-9-10(11-5-1-3-7-15-11)13(16)12-6-2-4-8-19(12,17)18/h1,3,5,7,10,12H,2,4,6,8H2. The fraction of sp³-hybridized carbons (Fsp3) is 0.462. The van der Waals surface area contributed by atoms with Gasteiger partial charge in [0.25, 0.3) is 0 Å². The summed E-state index contributed by atoms with van der Waals surface area (Å²) in [7, 11) is -3.41. The van der Waals surface area contributed by atoms with Crippen molar-refractivity contribution in [3.8, 4) is 6.07 Å². The van der Waals surface area contributed by atoms with Gasteiger partial charge in [-0.15, -0.1) is 0 Å². The third-order valence-corrected chi connectivity index (χ3v) is 5.49. The molecular formula is C13H14N2O3S. The number of carbonyl (C=O) groups is 1. The molecule has 0 bridgehead atoms. The van der Waals surface area contributed by atoms with Gasteiger partial charge in [0.15, 0.2) is 15.6 Å². The molecule has 1 saturated heterocycles. The Kier molecular flexibility index (Phi) is 3.96. The second kappa shape index (κ2) is 5.49. The van der Waals surface area contributed by atoms with Gasteiger partial charge in [0.1, 0.15) is 11.2 Å². The average Bonchev–Trinajstić information content (AvgIpc) is 2.40. The van der Waals surface area contributed by atoms with Crippen molar-refractivity contribution < 1.29 is 13.2 Å². The Labute approximate surface area is 112 Å². The number of nitrogens with zero attached hydrogens (tertiary/aromatic N) is 2. The van der Waals surface area contributed by atoms with Crippen molar-refractivity contribution in [3.63, 3.8) is 0 Å². The molecule has 0 aromatic carbocycles. The van der Waals surface area contributed by atoms with Gasteiger partial charge in [-0.3, -0.25) is 9.78 Å². The Balaban J connectivity index is 2.30. The number of sulfone groups is 1. The molecule has 1 fully saturated rings. The first-order chi connectivity index (χ1) is 9.06. The molecule has 0 saturated carbocycles. The molecule has 2 atom stereocenters. The Hall–Kier alpha value is -1.74. The van der Waals surface area contributed by atoms with E-state index in [1.54, 1.807) is 18.2 Å². The average molecular weight is 278 g/mol. The minimum absolute atomic E-state index is 0.0315. The number of aromatic nitrogens is 1. The monoisotopic (exact) mass is 278 g/mol. The van der Waals surface area contributed by atoms with Crippen molar-refractivity contribution in [3.05, 3.63) is 30.1 Å². The molecule has 1 aromatic rings. The first-order valence-electron chi connectivity index (χ1n) is 6.12. The van der Waals surface area contributed by atoms with Crippen LogP contribution in [0.25, 0.3) is 0 Å². The van der Waals surface area contributed by atoms with E-state index in [4.69, 9.17) is 5.26 Å². The van der Waals surface area contributed by atoms with Crippen molar-refractivity contribution in [2.45, 2.75) is 30.4 Å². The molecule has 100 valence electrons. The molecular weight excluding hydrogens is 264 g/mol. The smallest absolute Gasteiger partial charge is 0.174 e. The lowest BCUT2D eigenvalue weighted by molar-refractivity contribution is -0.119. The highest BCUT2D eigenvalue weighted by Gasteiger charge is 2.39. The molecule has 0 amide bonds. The SMILES string of the molecule is N#CC(C(=O)C1CCCCS1(=O)=O)c1ccccn1. The Morgan fingerprint density at radius 2 is 2.21 bits per heavy atom. The Bertz CT molecular complexity index is 605. The number of pyridine rings is 1. The highest BCUT2D eigenvalue weighted by atomic mass is 32.2. The molecule has 1 aromatic heterocycles. The summed E-state index contributed by atoms with van der Waals surface area (Å²) in [6.45, 7) is 0. The normalized spacial score (nSPS) is 23.2. The van der Waals surface area contributed by atoms with Gasteiger partial charge in [-0.25, -0.2) is 8.42 Å². The van der Waals surface area contributed by atoms with Gasteiger partial charge in [0.05, 0.1) is 17.5 Å². The summed E-state index contributed by atoms with van der Waals surface area (Å²) in [5.74, 6) is -1.61. The van der Waals surface area contributed by atoms with E-state index in [9.17, 15) is 13.2 Å². The number of hydrogen-bond acceptors (Lipinski definition) is 5. The summed E-state index contributed by atoms with van der Waals surface area (Å²) < 4.78 is 23.8. The quantitative estimate of drug-likeness (QED) is 0.829. The van der Waals surface area contributed by atoms with Crippen molar-refractivity contribution in [1.29, 1.82) is 5.26 Å². The molecule has 1 aliphatic heterocycles. The third kappa shape index (κ3) is 2.82. The van der Waals surface area contributed by atoms with E-state index in [0.29, 0.717) is 25.0 Å². The number of nitriles is 1. The van der Waals surface area contributed by atoms with E-state index in [0.717, 1.165) is 0 Å². The topological polar surface area (TPSA) is 87.9 Å². The van der Waals surface area contributed by atoms with Crippen LogP contribution in [0.15, 0.2) is 24.4 Å². The molecule has 2 unspecified atom stereocenters. The van der Waals surface area contributed by atoms with Crippen LogP contribution in [0.4, 0.5) is 0 Å². The first-order valence-corrected chi connectivity index (χ1v) is 7.83. The van der Waals surface area contributed by atoms with Crippen molar-refractivity contribution in [1.82, 2.24) is 4.98 Å². The Morgan fingerprint density at radius 1 is 1.42 bits per heavy atom. The lowest BCUT2D eigenvalue weighted by atomic mass is 9.96. The Morgan fingerprint density at radius 3 is 2.79 bits per heavy atom. The van der Waals surface area contributed by atoms with Gasteiger partial charge in [-0.2, -0.15) is 5.26 Å². The van der Waals surface area contributed by atoms with Crippen LogP contribution in [0, 0.1) is 11.3 Å². The van der Waals surface area contributed by atoms with Crippen molar-refractivity contribution in [2.24, 2.45) is 0 Å². The molecule has 19 heavy (non-hydrogen) atoms. The van der Waals surface area contributed by atoms with Gasteiger partial charge in [0, 0.05) is 6.20 Å². The van der Waals surface area contributed by atoms with E-state index in [1.165, 1.54) is 6.20 Å². The zero-order chi connectivity index (χ0) is 13.9. The zero-order valence-corrected chi connectivity index (χ0v) is 11.1. The summed E-state index contributed by atoms with van der Waals surface area (Å²) in [4.78, 5) is 16.3. The van der Waals surface area contributed by atoms with E-state index < -0.39 is 26.8 Å². The summed E-state index contributed by atoms with van der Waals surface area (Å²) in [5, 5.41) is 8.10. The fourth-order valence-electron chi connectivity index (χ4n) is 2.28. The van der Waals surface area contributed by atoms with Crippen LogP contribution >= 0.6 is 0 Å². The summed E-state index contributed by atoms with van der Waals surface area (Å²) in [6, 6.07) is 6.80. The summed E-state index contributed by atoms with van der Waals surface area (Å²) in [5.41, 5.74) is 0.316. The van der Waals surface area contributed by atoms with Crippen LogP contribution in [0.1, 0.15) is 30.9 Å². The van der Waals surface area contributed by atoms with Crippen LogP contribution in [0.2, 0.25) is 0 Å². The number of hydrogen-bond donors (Lipinski definition) is 0. The zero-order valence-electron chi connectivity index (χ0n) is 10.3. The predicted octanol–water partition coefficient (Wildman–Crippen LogP) is 1.23. The van der Waals surface area contributed by atoms with Crippen LogP contribution < -0.4 is 0 Å². The van der Waals surface area contributed by atoms with E-state index in [1.807, 2.05) is 6.07 Å². The highest BCUT2D eigenvalue weighted by molar-refractivity contribution is 7.92. The molecule has 2 rings (SSSR count). The van der Waals surface area contributed by atoms with Crippen LogP contribution in [0.3, 0.4) is 0 Å². The van der Waals surface area contributed by atoms with Gasteiger partial charge in [0.2, 0.25) is 0 Å². The van der Waals surface area contributed by atoms with Crippen molar-refractivity contribution >= 4 is 15.6 Å². The molecule has 0 spiro atoms. The maximum absolute atomic E-state index is 12.3. The predicted molar refractivity (Wildman–Crippen MR) is 69.0 cm³/mol. The molecule has 1 aliphatic rings. The van der Waals surface area contributed by atoms with Gasteiger partial charge >= 0.3 is 0 Å². The second-order valence-electron chi connectivity index (χ2n) is 4.57. The lowest BCUT2D eigenvalue weighted by Crippen LogP contribution is -2.38. The van der Waals surface area contributed by atoms with Gasteiger partial charge in [-0.05, 0) is 25.0 Å². The minimum Gasteiger partial charge on any atom is -0.296 e. The van der Waals surface area contributed by atoms with E-state index in [2.05, 4.69) is 4.98 Å². The molecule has 0 N–H and O–H groups in total.